The molecule has 114 valence electrons. The number of carboxylic acids is 2. The second-order valence-electron chi connectivity index (χ2n) is 5.92. The Morgan fingerprint density at radius 2 is 1.80 bits per heavy atom. The number of hydrogen-bond donors (Lipinski definition) is 2. The lowest BCUT2D eigenvalue weighted by Gasteiger charge is -2.40. The summed E-state index contributed by atoms with van der Waals surface area (Å²) in [4.78, 5) is 35.4. The number of hydrogen-bond acceptors (Lipinski definition) is 4. The fourth-order valence-electron chi connectivity index (χ4n) is 2.31. The average molecular weight is 287 g/mol. The van der Waals surface area contributed by atoms with Crippen LogP contribution in [-0.4, -0.2) is 50.8 Å². The number of carbonyl (C=O) groups is 3. The highest BCUT2D eigenvalue weighted by Crippen LogP contribution is 2.27. The molecule has 1 aliphatic heterocycles. The molecule has 0 aromatic carbocycles. The van der Waals surface area contributed by atoms with Gasteiger partial charge in [-0.25, -0.2) is 9.59 Å². The minimum atomic E-state index is -1.13. The summed E-state index contributed by atoms with van der Waals surface area (Å²) in [7, 11) is 0. The molecule has 1 rings (SSSR count). The van der Waals surface area contributed by atoms with E-state index in [2.05, 4.69) is 0 Å². The molecule has 0 saturated carbocycles. The van der Waals surface area contributed by atoms with Gasteiger partial charge in [0.05, 0.1) is 6.42 Å². The van der Waals surface area contributed by atoms with Gasteiger partial charge in [0.1, 0.15) is 11.6 Å². The molecule has 0 aliphatic carbocycles. The van der Waals surface area contributed by atoms with E-state index in [1.54, 1.807) is 20.8 Å². The summed E-state index contributed by atoms with van der Waals surface area (Å²) in [6.07, 6.45) is 0.313. The predicted molar refractivity (Wildman–Crippen MR) is 69.4 cm³/mol. The maximum Gasteiger partial charge on any atom is 0.411 e. The van der Waals surface area contributed by atoms with Crippen molar-refractivity contribution < 1.29 is 29.3 Å². The van der Waals surface area contributed by atoms with Gasteiger partial charge in [0.2, 0.25) is 0 Å². The summed E-state index contributed by atoms with van der Waals surface area (Å²) in [5.74, 6) is -2.19. The van der Waals surface area contributed by atoms with Crippen LogP contribution in [0.1, 0.15) is 46.5 Å². The number of piperidine rings is 1. The normalized spacial score (nSPS) is 23.2. The van der Waals surface area contributed by atoms with Crippen molar-refractivity contribution in [1.29, 1.82) is 0 Å². The third kappa shape index (κ3) is 4.40. The summed E-state index contributed by atoms with van der Waals surface area (Å²) in [6.45, 7) is 5.03. The second kappa shape index (κ2) is 6.11. The van der Waals surface area contributed by atoms with Crippen LogP contribution < -0.4 is 0 Å². The number of aliphatic carboxylic acids is 2. The molecule has 2 N–H and O–H groups in total. The molecule has 1 heterocycles. The molecule has 20 heavy (non-hydrogen) atoms. The number of rotatable bonds is 3. The molecule has 0 spiro atoms. The Bertz CT molecular complexity index is 400. The Balaban J connectivity index is 2.96. The van der Waals surface area contributed by atoms with E-state index in [-0.39, 0.29) is 6.42 Å². The van der Waals surface area contributed by atoms with Crippen LogP contribution in [0.5, 0.6) is 0 Å². The maximum absolute atomic E-state index is 12.2. The van der Waals surface area contributed by atoms with Gasteiger partial charge in [-0.3, -0.25) is 9.69 Å². The van der Waals surface area contributed by atoms with Crippen LogP contribution in [0.3, 0.4) is 0 Å². The van der Waals surface area contributed by atoms with Gasteiger partial charge in [-0.05, 0) is 40.0 Å². The molecular formula is C13H21NO6. The quantitative estimate of drug-likeness (QED) is 0.818. The Morgan fingerprint density at radius 1 is 1.20 bits per heavy atom. The van der Waals surface area contributed by atoms with Crippen molar-refractivity contribution in [3.05, 3.63) is 0 Å². The van der Waals surface area contributed by atoms with Crippen molar-refractivity contribution in [3.8, 4) is 0 Å². The van der Waals surface area contributed by atoms with Gasteiger partial charge in [0, 0.05) is 6.04 Å². The Kier molecular flexibility index (Phi) is 4.97. The molecule has 7 heteroatoms. The zero-order valence-electron chi connectivity index (χ0n) is 12.0. The van der Waals surface area contributed by atoms with Crippen LogP contribution in [0.25, 0.3) is 0 Å². The largest absolute Gasteiger partial charge is 0.481 e. The third-order valence-corrected chi connectivity index (χ3v) is 3.04. The first-order valence-electron chi connectivity index (χ1n) is 6.57. The van der Waals surface area contributed by atoms with Crippen molar-refractivity contribution >= 4 is 18.0 Å². The summed E-state index contributed by atoms with van der Waals surface area (Å²) >= 11 is 0. The van der Waals surface area contributed by atoms with Gasteiger partial charge in [0.15, 0.2) is 0 Å². The van der Waals surface area contributed by atoms with Gasteiger partial charge >= 0.3 is 18.0 Å². The van der Waals surface area contributed by atoms with E-state index in [1.807, 2.05) is 0 Å². The van der Waals surface area contributed by atoms with E-state index >= 15 is 0 Å². The molecule has 0 aromatic heterocycles. The van der Waals surface area contributed by atoms with Crippen molar-refractivity contribution in [2.45, 2.75) is 64.1 Å². The monoisotopic (exact) mass is 287 g/mol. The standard InChI is InChI=1S/C13H21NO6/c1-13(2,3)20-12(19)14-8(7-10(15)16)5-4-6-9(14)11(17)18/h8-9H,4-7H2,1-3H3,(H,15,16)(H,17,18). The lowest BCUT2D eigenvalue weighted by molar-refractivity contribution is -0.148. The minimum Gasteiger partial charge on any atom is -0.481 e. The van der Waals surface area contributed by atoms with Gasteiger partial charge < -0.3 is 14.9 Å². The minimum absolute atomic E-state index is 0.275. The SMILES string of the molecule is CC(C)(C)OC(=O)N1C(CC(=O)O)CCCC1C(=O)O. The first-order valence-corrected chi connectivity index (χ1v) is 6.57. The highest BCUT2D eigenvalue weighted by molar-refractivity contribution is 5.81. The van der Waals surface area contributed by atoms with Gasteiger partial charge in [0.25, 0.3) is 0 Å². The number of amides is 1. The lowest BCUT2D eigenvalue weighted by atomic mass is 9.94. The highest BCUT2D eigenvalue weighted by atomic mass is 16.6. The first-order chi connectivity index (χ1) is 9.11. The highest BCUT2D eigenvalue weighted by Gasteiger charge is 2.41. The fraction of sp³-hybridized carbons (Fsp3) is 0.769. The van der Waals surface area contributed by atoms with Crippen LogP contribution in [0, 0.1) is 0 Å². The van der Waals surface area contributed by atoms with E-state index in [0.29, 0.717) is 19.3 Å². The average Bonchev–Trinajstić information content (AvgIpc) is 2.25. The van der Waals surface area contributed by atoms with Gasteiger partial charge in [-0.1, -0.05) is 0 Å². The summed E-state index contributed by atoms with van der Waals surface area (Å²) < 4.78 is 5.20. The number of carboxylic acid groups (broad SMARTS) is 2. The fourth-order valence-corrected chi connectivity index (χ4v) is 2.31. The summed E-state index contributed by atoms with van der Waals surface area (Å²) in [5, 5.41) is 18.1. The van der Waals surface area contributed by atoms with Gasteiger partial charge in [-0.15, -0.1) is 0 Å². The number of likely N-dealkylation sites (tertiary alicyclic amines) is 1. The third-order valence-electron chi connectivity index (χ3n) is 3.04. The van der Waals surface area contributed by atoms with Crippen molar-refractivity contribution in [2.24, 2.45) is 0 Å². The molecule has 1 aliphatic rings. The Morgan fingerprint density at radius 3 is 2.25 bits per heavy atom. The molecule has 1 saturated heterocycles. The van der Waals surface area contributed by atoms with Crippen LogP contribution in [0.2, 0.25) is 0 Å². The number of carbonyl (C=O) groups excluding carboxylic acids is 1. The summed E-state index contributed by atoms with van der Waals surface area (Å²) in [6, 6.07) is -1.67. The molecule has 1 amide bonds. The Labute approximate surface area is 117 Å². The zero-order valence-corrected chi connectivity index (χ0v) is 12.0. The molecule has 1 fully saturated rings. The van der Waals surface area contributed by atoms with E-state index in [1.165, 1.54) is 0 Å². The van der Waals surface area contributed by atoms with Crippen molar-refractivity contribution in [2.75, 3.05) is 0 Å². The number of ether oxygens (including phenoxy) is 1. The molecule has 0 aromatic rings. The molecule has 0 radical (unpaired) electrons. The lowest BCUT2D eigenvalue weighted by Crippen LogP contribution is -2.55. The maximum atomic E-state index is 12.2. The topological polar surface area (TPSA) is 104 Å². The van der Waals surface area contributed by atoms with Crippen molar-refractivity contribution in [1.82, 2.24) is 4.90 Å². The van der Waals surface area contributed by atoms with E-state index < -0.39 is 35.7 Å². The first kappa shape index (κ1) is 16.3. The molecule has 7 nitrogen and oxygen atoms in total. The summed E-state index contributed by atoms with van der Waals surface area (Å²) in [5.41, 5.74) is -0.759. The van der Waals surface area contributed by atoms with Crippen molar-refractivity contribution in [3.63, 3.8) is 0 Å². The molecular weight excluding hydrogens is 266 g/mol. The van der Waals surface area contributed by atoms with Crippen LogP contribution in [0.15, 0.2) is 0 Å². The van der Waals surface area contributed by atoms with E-state index in [9.17, 15) is 19.5 Å². The molecule has 2 unspecified atom stereocenters. The van der Waals surface area contributed by atoms with E-state index in [0.717, 1.165) is 4.90 Å². The van der Waals surface area contributed by atoms with E-state index in [4.69, 9.17) is 9.84 Å². The van der Waals surface area contributed by atoms with Crippen LogP contribution in [-0.2, 0) is 14.3 Å². The van der Waals surface area contributed by atoms with Crippen LogP contribution >= 0.6 is 0 Å². The predicted octanol–water partition coefficient (Wildman–Crippen LogP) is 1.70. The van der Waals surface area contributed by atoms with Crippen LogP contribution in [0.4, 0.5) is 4.79 Å². The molecule has 0 bridgehead atoms. The number of nitrogens with zero attached hydrogens (tertiary/aromatic N) is 1. The second-order valence-corrected chi connectivity index (χ2v) is 5.92. The zero-order chi connectivity index (χ0) is 15.5. The molecule has 2 atom stereocenters. The smallest absolute Gasteiger partial charge is 0.411 e. The Hall–Kier alpha value is -1.79. The van der Waals surface area contributed by atoms with Gasteiger partial charge in [-0.2, -0.15) is 0 Å².